The smallest absolute Gasteiger partial charge is 0.306 e. The molecule has 0 fully saturated rings. The number of phosphoric ester groups is 1. The van der Waals surface area contributed by atoms with Crippen molar-refractivity contribution < 1.29 is 42.1 Å². The Kier molecular flexibility index (Phi) is 52.3. The fourth-order valence-electron chi connectivity index (χ4n) is 8.60. The van der Waals surface area contributed by atoms with Crippen LogP contribution in [0.3, 0.4) is 0 Å². The second-order valence-electron chi connectivity index (χ2n) is 21.7. The van der Waals surface area contributed by atoms with E-state index < -0.39 is 26.5 Å². The molecule has 0 aliphatic carbocycles. The van der Waals surface area contributed by atoms with Gasteiger partial charge in [-0.3, -0.25) is 14.2 Å². The van der Waals surface area contributed by atoms with E-state index in [4.69, 9.17) is 18.5 Å². The molecule has 0 radical (unpaired) electrons. The molecule has 0 bridgehead atoms. The SMILES string of the molecule is CCCCCCC/C=C\C/C=C\C/C=C\CCCCCCCCCCCCC(=O)OC(COC(=O)CCCCCCCCCCCCC/C=C\CCCCCCCCCC)COP(=O)([O-])OCC[N+](C)(C)C. The van der Waals surface area contributed by atoms with Gasteiger partial charge in [0.05, 0.1) is 27.7 Å². The van der Waals surface area contributed by atoms with Gasteiger partial charge in [-0.2, -0.15) is 0 Å². The first kappa shape index (κ1) is 70.0. The summed E-state index contributed by atoms with van der Waals surface area (Å²) in [6, 6.07) is 0. The molecule has 0 spiro atoms. The van der Waals surface area contributed by atoms with Crippen molar-refractivity contribution in [3.05, 3.63) is 48.6 Å². The van der Waals surface area contributed by atoms with Gasteiger partial charge in [0.2, 0.25) is 0 Å². The zero-order valence-electron chi connectivity index (χ0n) is 47.9. The lowest BCUT2D eigenvalue weighted by molar-refractivity contribution is -0.870. The maximum Gasteiger partial charge on any atom is 0.306 e. The van der Waals surface area contributed by atoms with Crippen LogP contribution in [0.15, 0.2) is 48.6 Å². The number of esters is 2. The Morgan fingerprint density at radius 2 is 0.750 bits per heavy atom. The first-order chi connectivity index (χ1) is 35.0. The Morgan fingerprint density at radius 1 is 0.431 bits per heavy atom. The highest BCUT2D eigenvalue weighted by Gasteiger charge is 2.22. The van der Waals surface area contributed by atoms with Crippen molar-refractivity contribution in [2.45, 2.75) is 290 Å². The van der Waals surface area contributed by atoms with Crippen LogP contribution in [0, 0.1) is 0 Å². The number of rotatable bonds is 56. The molecule has 0 aliphatic heterocycles. The number of carbonyl (C=O) groups excluding carboxylic acids is 2. The van der Waals surface area contributed by atoms with Crippen LogP contribution in [0.4, 0.5) is 0 Å². The number of phosphoric acid groups is 1. The van der Waals surface area contributed by atoms with Crippen LogP contribution in [-0.4, -0.2) is 70.0 Å². The van der Waals surface area contributed by atoms with E-state index >= 15 is 0 Å². The molecule has 0 saturated heterocycles. The van der Waals surface area contributed by atoms with Crippen molar-refractivity contribution in [1.82, 2.24) is 0 Å². The molecule has 0 aliphatic rings. The standard InChI is InChI=1S/C62H116NO8P/c1-6-8-10-12-14-16-18-20-22-24-26-28-30-31-33-35-37-39-41-43-45-47-49-51-53-55-62(65)71-60(59-70-72(66,67)69-57-56-63(3,4)5)58-68-61(64)54-52-50-48-46-44-42-40-38-36-34-32-29-27-25-23-21-19-17-15-13-11-9-7-2/h18,20,24-27,30-31,60H,6-17,19,21-23,28-29,32-59H2,1-5H3/b20-18-,26-24-,27-25-,31-30-. The summed E-state index contributed by atoms with van der Waals surface area (Å²) in [5.74, 6) is -0.829. The topological polar surface area (TPSA) is 111 Å². The Hall–Kier alpha value is -2.03. The molecule has 0 saturated carbocycles. The minimum atomic E-state index is -4.64. The number of hydrogen-bond acceptors (Lipinski definition) is 8. The molecule has 0 heterocycles. The molecular weight excluding hydrogens is 918 g/mol. The van der Waals surface area contributed by atoms with Crippen LogP contribution in [0.5, 0.6) is 0 Å². The van der Waals surface area contributed by atoms with E-state index in [1.54, 1.807) is 0 Å². The van der Waals surface area contributed by atoms with Gasteiger partial charge in [0.25, 0.3) is 7.82 Å². The first-order valence-electron chi connectivity index (χ1n) is 30.3. The Bertz CT molecular complexity index is 1360. The molecule has 2 atom stereocenters. The molecule has 0 aromatic heterocycles. The van der Waals surface area contributed by atoms with Gasteiger partial charge in [0.15, 0.2) is 6.10 Å². The molecular formula is C62H116NO8P. The van der Waals surface area contributed by atoms with Gasteiger partial charge >= 0.3 is 11.9 Å². The predicted octanol–water partition coefficient (Wildman–Crippen LogP) is 18.3. The van der Waals surface area contributed by atoms with Crippen molar-refractivity contribution in [2.75, 3.05) is 47.5 Å². The molecule has 2 unspecified atom stereocenters. The van der Waals surface area contributed by atoms with Crippen LogP contribution in [0.2, 0.25) is 0 Å². The summed E-state index contributed by atoms with van der Waals surface area (Å²) in [5, 5.41) is 0. The van der Waals surface area contributed by atoms with Gasteiger partial charge in [-0.05, 0) is 77.0 Å². The number of carbonyl (C=O) groups is 2. The molecule has 0 aromatic rings. The Balaban J connectivity index is 4.15. The summed E-state index contributed by atoms with van der Waals surface area (Å²) in [7, 11) is 1.17. The van der Waals surface area contributed by atoms with E-state index in [9.17, 15) is 19.0 Å². The largest absolute Gasteiger partial charge is 0.756 e. The first-order valence-corrected chi connectivity index (χ1v) is 31.8. The third kappa shape index (κ3) is 57.3. The van der Waals surface area contributed by atoms with E-state index in [0.29, 0.717) is 17.4 Å². The van der Waals surface area contributed by atoms with Crippen molar-refractivity contribution in [3.8, 4) is 0 Å². The molecule has 0 aromatic carbocycles. The van der Waals surface area contributed by atoms with Gasteiger partial charge < -0.3 is 27.9 Å². The second kappa shape index (κ2) is 53.8. The van der Waals surface area contributed by atoms with Crippen LogP contribution in [0.1, 0.15) is 284 Å². The lowest BCUT2D eigenvalue weighted by atomic mass is 10.0. The number of unbranched alkanes of at least 4 members (excludes halogenated alkanes) is 34. The summed E-state index contributed by atoms with van der Waals surface area (Å²) in [6.45, 7) is 4.26. The van der Waals surface area contributed by atoms with Crippen LogP contribution in [0.25, 0.3) is 0 Å². The van der Waals surface area contributed by atoms with Gasteiger partial charge in [0.1, 0.15) is 19.8 Å². The highest BCUT2D eigenvalue weighted by atomic mass is 31.2. The summed E-state index contributed by atoms with van der Waals surface area (Å²) in [4.78, 5) is 37.9. The van der Waals surface area contributed by atoms with Crippen molar-refractivity contribution in [2.24, 2.45) is 0 Å². The van der Waals surface area contributed by atoms with Gasteiger partial charge in [0, 0.05) is 12.8 Å². The quantitative estimate of drug-likeness (QED) is 0.0195. The lowest BCUT2D eigenvalue weighted by Crippen LogP contribution is -2.37. The average molecular weight is 1030 g/mol. The van der Waals surface area contributed by atoms with Crippen molar-refractivity contribution in [1.29, 1.82) is 0 Å². The summed E-state index contributed by atoms with van der Waals surface area (Å²) in [5.41, 5.74) is 0. The van der Waals surface area contributed by atoms with E-state index in [0.717, 1.165) is 57.8 Å². The summed E-state index contributed by atoms with van der Waals surface area (Å²) < 4.78 is 34.2. The monoisotopic (exact) mass is 1030 g/mol. The molecule has 10 heteroatoms. The number of ether oxygens (including phenoxy) is 2. The fourth-order valence-corrected chi connectivity index (χ4v) is 9.33. The summed E-state index contributed by atoms with van der Waals surface area (Å²) in [6.07, 6.45) is 67.3. The van der Waals surface area contributed by atoms with Crippen LogP contribution < -0.4 is 4.89 Å². The number of allylic oxidation sites excluding steroid dienone is 8. The highest BCUT2D eigenvalue weighted by molar-refractivity contribution is 7.45. The van der Waals surface area contributed by atoms with Gasteiger partial charge in [-0.1, -0.05) is 242 Å². The number of likely N-dealkylation sites (N-methyl/N-ethyl adjacent to an activating group) is 1. The zero-order valence-corrected chi connectivity index (χ0v) is 48.8. The molecule has 422 valence electrons. The highest BCUT2D eigenvalue weighted by Crippen LogP contribution is 2.38. The minimum absolute atomic E-state index is 0.0319. The average Bonchev–Trinajstić information content (AvgIpc) is 3.34. The van der Waals surface area contributed by atoms with E-state index in [1.807, 2.05) is 21.1 Å². The van der Waals surface area contributed by atoms with Crippen molar-refractivity contribution in [3.63, 3.8) is 0 Å². The second-order valence-corrected chi connectivity index (χ2v) is 23.1. The predicted molar refractivity (Wildman–Crippen MR) is 305 cm³/mol. The number of quaternary nitrogens is 1. The molecule has 0 amide bonds. The van der Waals surface area contributed by atoms with Crippen molar-refractivity contribution >= 4 is 19.8 Å². The normalized spacial score (nSPS) is 13.6. The summed E-state index contributed by atoms with van der Waals surface area (Å²) >= 11 is 0. The minimum Gasteiger partial charge on any atom is -0.756 e. The molecule has 72 heavy (non-hydrogen) atoms. The van der Waals surface area contributed by atoms with Crippen LogP contribution in [-0.2, 0) is 32.7 Å². The molecule has 0 rings (SSSR count). The third-order valence-corrected chi connectivity index (χ3v) is 14.3. The fraction of sp³-hybridized carbons (Fsp3) is 0.839. The number of hydrogen-bond donors (Lipinski definition) is 0. The number of nitrogens with zero attached hydrogens (tertiary/aromatic N) is 1. The zero-order chi connectivity index (χ0) is 52.7. The Morgan fingerprint density at radius 3 is 1.12 bits per heavy atom. The molecule has 9 nitrogen and oxygen atoms in total. The molecule has 0 N–H and O–H groups in total. The van der Waals surface area contributed by atoms with E-state index in [1.165, 1.54) is 193 Å². The van der Waals surface area contributed by atoms with E-state index in [-0.39, 0.29) is 32.0 Å². The maximum absolute atomic E-state index is 12.8. The lowest BCUT2D eigenvalue weighted by Gasteiger charge is -2.28. The van der Waals surface area contributed by atoms with Crippen LogP contribution >= 0.6 is 7.82 Å². The Labute approximate surface area is 445 Å². The van der Waals surface area contributed by atoms with Gasteiger partial charge in [-0.25, -0.2) is 0 Å². The third-order valence-electron chi connectivity index (χ3n) is 13.3. The van der Waals surface area contributed by atoms with E-state index in [2.05, 4.69) is 62.5 Å². The van der Waals surface area contributed by atoms with Gasteiger partial charge in [-0.15, -0.1) is 0 Å². The maximum atomic E-state index is 12.8.